The molecular weight excluding hydrogens is 303 g/mol. The Bertz CT molecular complexity index is 591. The van der Waals surface area contributed by atoms with Gasteiger partial charge in [-0.2, -0.15) is 0 Å². The van der Waals surface area contributed by atoms with E-state index in [2.05, 4.69) is 9.47 Å². The predicted molar refractivity (Wildman–Crippen MR) is 70.7 cm³/mol. The van der Waals surface area contributed by atoms with Crippen LogP contribution in [0.4, 0.5) is 13.2 Å². The molecule has 0 radical (unpaired) electrons. The van der Waals surface area contributed by atoms with Crippen LogP contribution in [0.1, 0.15) is 12.5 Å². The standard InChI is InChI=1S/C14H14F3NO4/c1-8(19)12(13(20)21-2)11(18)7-9-3-5-10(6-4-9)22-14(15,16)17/h3-6H,7,18H2,1-2H3. The summed E-state index contributed by atoms with van der Waals surface area (Å²) < 4.78 is 44.3. The van der Waals surface area contributed by atoms with Crippen LogP contribution in [-0.2, 0) is 20.7 Å². The van der Waals surface area contributed by atoms with Crippen LogP contribution in [0, 0.1) is 0 Å². The minimum absolute atomic E-state index is 0.0102. The third-order valence-corrected chi connectivity index (χ3v) is 2.61. The van der Waals surface area contributed by atoms with Crippen molar-refractivity contribution in [2.24, 2.45) is 5.73 Å². The number of halogens is 3. The monoisotopic (exact) mass is 317 g/mol. The van der Waals surface area contributed by atoms with Crippen molar-refractivity contribution < 1.29 is 32.2 Å². The van der Waals surface area contributed by atoms with E-state index in [1.165, 1.54) is 19.1 Å². The van der Waals surface area contributed by atoms with Crippen LogP contribution in [0.2, 0.25) is 0 Å². The van der Waals surface area contributed by atoms with E-state index >= 15 is 0 Å². The number of allylic oxidation sites excluding steroid dienone is 1. The Hall–Kier alpha value is -2.51. The summed E-state index contributed by atoms with van der Waals surface area (Å²) in [5.41, 5.74) is 5.92. The normalized spacial score (nSPS) is 12.4. The van der Waals surface area contributed by atoms with Crippen LogP contribution < -0.4 is 10.5 Å². The molecule has 0 heterocycles. The van der Waals surface area contributed by atoms with Gasteiger partial charge >= 0.3 is 12.3 Å². The third-order valence-electron chi connectivity index (χ3n) is 2.61. The van der Waals surface area contributed by atoms with E-state index in [1.807, 2.05) is 0 Å². The molecule has 8 heteroatoms. The quantitative estimate of drug-likeness (QED) is 0.389. The molecule has 120 valence electrons. The number of nitrogens with two attached hydrogens (primary N) is 1. The maximum absolute atomic E-state index is 12.0. The molecular formula is C14H14F3NO4. The van der Waals surface area contributed by atoms with Crippen molar-refractivity contribution in [3.63, 3.8) is 0 Å². The van der Waals surface area contributed by atoms with Crippen molar-refractivity contribution in [1.82, 2.24) is 0 Å². The first-order valence-corrected chi connectivity index (χ1v) is 6.06. The van der Waals surface area contributed by atoms with Gasteiger partial charge in [-0.15, -0.1) is 13.2 Å². The number of methoxy groups -OCH3 is 1. The largest absolute Gasteiger partial charge is 0.573 e. The summed E-state index contributed by atoms with van der Waals surface area (Å²) in [5, 5.41) is 0. The van der Waals surface area contributed by atoms with Gasteiger partial charge in [0.25, 0.3) is 0 Å². The molecule has 0 saturated carbocycles. The van der Waals surface area contributed by atoms with Gasteiger partial charge in [0.15, 0.2) is 5.78 Å². The Morgan fingerprint density at radius 2 is 1.73 bits per heavy atom. The summed E-state index contributed by atoms with van der Waals surface area (Å²) in [5.74, 6) is -1.79. The molecule has 0 aliphatic heterocycles. The molecule has 22 heavy (non-hydrogen) atoms. The van der Waals surface area contributed by atoms with Crippen molar-refractivity contribution in [3.8, 4) is 5.75 Å². The van der Waals surface area contributed by atoms with Crippen LogP contribution in [0.15, 0.2) is 35.5 Å². The molecule has 0 amide bonds. The Morgan fingerprint density at radius 3 is 2.14 bits per heavy atom. The Labute approximate surface area is 124 Å². The molecule has 0 aliphatic rings. The van der Waals surface area contributed by atoms with Crippen molar-refractivity contribution >= 4 is 11.8 Å². The Morgan fingerprint density at radius 1 is 1.18 bits per heavy atom. The minimum Gasteiger partial charge on any atom is -0.465 e. The minimum atomic E-state index is -4.77. The number of carbonyl (C=O) groups is 2. The average molecular weight is 317 g/mol. The van der Waals surface area contributed by atoms with Gasteiger partial charge in [0.2, 0.25) is 0 Å². The topological polar surface area (TPSA) is 78.6 Å². The molecule has 0 saturated heterocycles. The number of hydrogen-bond acceptors (Lipinski definition) is 5. The molecule has 1 rings (SSSR count). The summed E-state index contributed by atoms with van der Waals surface area (Å²) >= 11 is 0. The number of benzene rings is 1. The van der Waals surface area contributed by atoms with Gasteiger partial charge in [-0.3, -0.25) is 4.79 Å². The summed E-state index contributed by atoms with van der Waals surface area (Å²) in [6.45, 7) is 1.17. The predicted octanol–water partition coefficient (Wildman–Crippen LogP) is 2.10. The number of carbonyl (C=O) groups excluding carboxylic acids is 2. The number of hydrogen-bond donors (Lipinski definition) is 1. The first-order chi connectivity index (χ1) is 10.1. The molecule has 0 bridgehead atoms. The van der Waals surface area contributed by atoms with E-state index in [4.69, 9.17) is 5.73 Å². The lowest BCUT2D eigenvalue weighted by Gasteiger charge is -2.10. The summed E-state index contributed by atoms with van der Waals surface area (Å²) in [6.07, 6.45) is -4.76. The van der Waals surface area contributed by atoms with Gasteiger partial charge in [-0.25, -0.2) is 4.79 Å². The summed E-state index contributed by atoms with van der Waals surface area (Å²) in [4.78, 5) is 22.9. The number of esters is 1. The van der Waals surface area contributed by atoms with E-state index < -0.39 is 18.1 Å². The highest BCUT2D eigenvalue weighted by Crippen LogP contribution is 2.23. The molecule has 2 N–H and O–H groups in total. The summed E-state index contributed by atoms with van der Waals surface area (Å²) in [6, 6.07) is 4.93. The fourth-order valence-electron chi connectivity index (χ4n) is 1.72. The molecule has 0 fully saturated rings. The molecule has 0 aliphatic carbocycles. The van der Waals surface area contributed by atoms with Crippen LogP contribution >= 0.6 is 0 Å². The van der Waals surface area contributed by atoms with Gasteiger partial charge in [-0.1, -0.05) is 12.1 Å². The molecule has 0 unspecified atom stereocenters. The zero-order chi connectivity index (χ0) is 16.9. The molecule has 0 spiro atoms. The smallest absolute Gasteiger partial charge is 0.465 e. The van der Waals surface area contributed by atoms with Gasteiger partial charge in [-0.05, 0) is 24.6 Å². The van der Waals surface area contributed by atoms with Crippen LogP contribution in [0.5, 0.6) is 5.75 Å². The van der Waals surface area contributed by atoms with Gasteiger partial charge in [0.05, 0.1) is 7.11 Å². The lowest BCUT2D eigenvalue weighted by Crippen LogP contribution is -2.19. The third kappa shape index (κ3) is 5.12. The Kier molecular flexibility index (Phi) is 5.56. The SMILES string of the molecule is COC(=O)C(C(C)=O)=C(N)Cc1ccc(OC(F)(F)F)cc1. The molecule has 5 nitrogen and oxygen atoms in total. The summed E-state index contributed by atoms with van der Waals surface area (Å²) in [7, 11) is 1.11. The van der Waals surface area contributed by atoms with Crippen molar-refractivity contribution in [3.05, 3.63) is 41.1 Å². The lowest BCUT2D eigenvalue weighted by molar-refractivity contribution is -0.274. The number of ketones is 1. The maximum atomic E-state index is 12.0. The van der Waals surface area contributed by atoms with E-state index in [9.17, 15) is 22.8 Å². The van der Waals surface area contributed by atoms with Crippen LogP contribution in [0.25, 0.3) is 0 Å². The highest BCUT2D eigenvalue weighted by atomic mass is 19.4. The van der Waals surface area contributed by atoms with E-state index in [1.54, 1.807) is 0 Å². The zero-order valence-electron chi connectivity index (χ0n) is 11.9. The van der Waals surface area contributed by atoms with Gasteiger partial charge in [0.1, 0.15) is 11.3 Å². The first kappa shape index (κ1) is 17.5. The molecule has 1 aromatic rings. The fourth-order valence-corrected chi connectivity index (χ4v) is 1.72. The molecule has 1 aromatic carbocycles. The van der Waals surface area contributed by atoms with Crippen molar-refractivity contribution in [2.45, 2.75) is 19.7 Å². The van der Waals surface area contributed by atoms with Gasteiger partial charge in [0, 0.05) is 12.1 Å². The van der Waals surface area contributed by atoms with Gasteiger partial charge < -0.3 is 15.2 Å². The number of ether oxygens (including phenoxy) is 2. The van der Waals surface area contributed by atoms with Crippen molar-refractivity contribution in [1.29, 1.82) is 0 Å². The second-order valence-corrected chi connectivity index (χ2v) is 4.32. The van der Waals surface area contributed by atoms with E-state index in [0.29, 0.717) is 5.56 Å². The lowest BCUT2D eigenvalue weighted by atomic mass is 10.0. The van der Waals surface area contributed by atoms with Crippen molar-refractivity contribution in [2.75, 3.05) is 7.11 Å². The fraction of sp³-hybridized carbons (Fsp3) is 0.286. The molecule has 0 aromatic heterocycles. The first-order valence-electron chi connectivity index (χ1n) is 6.06. The average Bonchev–Trinajstić information content (AvgIpc) is 2.38. The Balaban J connectivity index is 2.94. The zero-order valence-corrected chi connectivity index (χ0v) is 11.9. The highest BCUT2D eigenvalue weighted by Gasteiger charge is 2.31. The van der Waals surface area contributed by atoms with E-state index in [-0.39, 0.29) is 23.4 Å². The van der Waals surface area contributed by atoms with Crippen LogP contribution in [-0.4, -0.2) is 25.2 Å². The number of Topliss-reactive ketones (excluding diaryl/α,β-unsaturated/α-hetero) is 1. The van der Waals surface area contributed by atoms with E-state index in [0.717, 1.165) is 19.2 Å². The number of alkyl halides is 3. The van der Waals surface area contributed by atoms with Crippen LogP contribution in [0.3, 0.4) is 0 Å². The molecule has 0 atom stereocenters. The highest BCUT2D eigenvalue weighted by molar-refractivity contribution is 6.16. The maximum Gasteiger partial charge on any atom is 0.573 e. The second kappa shape index (κ2) is 6.97. The number of rotatable bonds is 5. The second-order valence-electron chi connectivity index (χ2n) is 4.32.